The topological polar surface area (TPSA) is 220 Å². The van der Waals surface area contributed by atoms with Crippen LogP contribution in [0.4, 0.5) is 0 Å². The van der Waals surface area contributed by atoms with Gasteiger partial charge in [0.25, 0.3) is 17.5 Å². The van der Waals surface area contributed by atoms with E-state index in [0.717, 1.165) is 23.8 Å². The molecule has 3 N–H and O–H groups in total. The first-order valence-corrected chi connectivity index (χ1v) is 14.7. The van der Waals surface area contributed by atoms with Gasteiger partial charge in [-0.3, -0.25) is 14.5 Å². The van der Waals surface area contributed by atoms with Crippen LogP contribution in [0.5, 0.6) is 5.88 Å². The molecule has 2 amide bonds. The minimum Gasteiger partial charge on any atom is -0.490 e. The number of fused-ring (bicyclic) bond motifs is 1. The average molecular weight is 640 g/mol. The van der Waals surface area contributed by atoms with Crippen LogP contribution >= 0.6 is 39.5 Å². The quantitative estimate of drug-likeness (QED) is 0.163. The number of aromatic hydroxyl groups is 1. The van der Waals surface area contributed by atoms with Crippen LogP contribution in [0.1, 0.15) is 5.76 Å². The number of tetrazole rings is 1. The number of amides is 2. The second-order valence-corrected chi connectivity index (χ2v) is 12.6. The standard InChI is InChI=1S/C17H18BrN7O9S3/c1-24-16(20-22-23-24)36-4-7-3-35-15-17(33-2,14(30)25(15)11(7)13(28)29)19-9(26)6-37(31,32)5-8-10(18)12(27)21-34-8/h15H,3-6H2,1-2H3,(H,19,26)(H,21,27)(H,28,29)/t15-,17+/m1/s1. The van der Waals surface area contributed by atoms with Crippen molar-refractivity contribution < 1.29 is 42.3 Å². The summed E-state index contributed by atoms with van der Waals surface area (Å²) in [5.41, 5.74) is -1.77. The Morgan fingerprint density at radius 1 is 1.43 bits per heavy atom. The van der Waals surface area contributed by atoms with Crippen LogP contribution in [0, 0.1) is 0 Å². The summed E-state index contributed by atoms with van der Waals surface area (Å²) in [7, 11) is -1.34. The Kier molecular flexibility index (Phi) is 7.57. The minimum absolute atomic E-state index is 0.0642. The van der Waals surface area contributed by atoms with E-state index in [4.69, 9.17) is 9.26 Å². The molecular weight excluding hydrogens is 622 g/mol. The van der Waals surface area contributed by atoms with Crippen molar-refractivity contribution >= 4 is 67.1 Å². The highest BCUT2D eigenvalue weighted by Gasteiger charge is 2.66. The van der Waals surface area contributed by atoms with Gasteiger partial charge in [-0.1, -0.05) is 11.8 Å². The van der Waals surface area contributed by atoms with Crippen LogP contribution in [0.25, 0.3) is 0 Å². The van der Waals surface area contributed by atoms with Crippen molar-refractivity contribution in [1.82, 2.24) is 35.6 Å². The molecule has 20 heteroatoms. The molecule has 0 radical (unpaired) electrons. The second-order valence-electron chi connectivity index (χ2n) is 7.73. The number of sulfone groups is 1. The van der Waals surface area contributed by atoms with Gasteiger partial charge in [0.05, 0.1) is 0 Å². The Bertz CT molecular complexity index is 1410. The number of methoxy groups -OCH3 is 1. The van der Waals surface area contributed by atoms with E-state index >= 15 is 0 Å². The van der Waals surface area contributed by atoms with Gasteiger partial charge in [-0.2, -0.15) is 0 Å². The smallest absolute Gasteiger partial charge is 0.352 e. The fourth-order valence-corrected chi connectivity index (χ4v) is 7.70. The number of thioether (sulfide) groups is 2. The Labute approximate surface area is 225 Å². The highest BCUT2D eigenvalue weighted by atomic mass is 79.9. The first-order chi connectivity index (χ1) is 17.4. The molecule has 0 saturated carbocycles. The number of ether oxygens (including phenoxy) is 1. The molecule has 2 aliphatic rings. The number of carbonyl (C=O) groups excluding carboxylic acids is 2. The maximum atomic E-state index is 13.2. The van der Waals surface area contributed by atoms with Crippen molar-refractivity contribution in [1.29, 1.82) is 0 Å². The van der Waals surface area contributed by atoms with Gasteiger partial charge in [0.1, 0.15) is 27.0 Å². The van der Waals surface area contributed by atoms with Crippen LogP contribution in [0.3, 0.4) is 0 Å². The summed E-state index contributed by atoms with van der Waals surface area (Å²) in [5.74, 6) is -5.41. The molecule has 16 nitrogen and oxygen atoms in total. The molecule has 2 aliphatic heterocycles. The summed E-state index contributed by atoms with van der Waals surface area (Å²) in [6.45, 7) is 0. The summed E-state index contributed by atoms with van der Waals surface area (Å²) < 4.78 is 36.4. The number of nitrogens with one attached hydrogen (secondary N) is 1. The molecule has 0 unspecified atom stereocenters. The molecule has 1 saturated heterocycles. The summed E-state index contributed by atoms with van der Waals surface area (Å²) in [4.78, 5) is 38.9. The molecule has 4 heterocycles. The second kappa shape index (κ2) is 10.2. The van der Waals surface area contributed by atoms with E-state index in [9.17, 15) is 33.0 Å². The van der Waals surface area contributed by atoms with E-state index in [2.05, 4.69) is 41.9 Å². The third-order valence-corrected chi connectivity index (χ3v) is 9.97. The van der Waals surface area contributed by atoms with Gasteiger partial charge in [-0.05, 0) is 37.1 Å². The highest BCUT2D eigenvalue weighted by Crippen LogP contribution is 2.47. The van der Waals surface area contributed by atoms with Crippen molar-refractivity contribution in [2.75, 3.05) is 24.4 Å². The molecule has 0 bridgehead atoms. The summed E-state index contributed by atoms with van der Waals surface area (Å²) in [6, 6.07) is 0. The number of carboxylic acids is 1. The highest BCUT2D eigenvalue weighted by molar-refractivity contribution is 9.10. The number of halogens is 1. The van der Waals surface area contributed by atoms with E-state index < -0.39 is 56.1 Å². The molecule has 2 aromatic rings. The Balaban J connectivity index is 1.49. The molecule has 2 atom stereocenters. The lowest BCUT2D eigenvalue weighted by Gasteiger charge is -2.55. The van der Waals surface area contributed by atoms with Crippen LogP contribution in [0.2, 0.25) is 0 Å². The predicted molar refractivity (Wildman–Crippen MR) is 129 cm³/mol. The zero-order valence-electron chi connectivity index (χ0n) is 18.9. The van der Waals surface area contributed by atoms with Crippen molar-refractivity contribution in [2.24, 2.45) is 7.05 Å². The van der Waals surface area contributed by atoms with Crippen LogP contribution in [-0.4, -0.2) is 102 Å². The van der Waals surface area contributed by atoms with Gasteiger partial charge in [-0.15, -0.1) is 16.9 Å². The van der Waals surface area contributed by atoms with Crippen molar-refractivity contribution in [3.05, 3.63) is 21.5 Å². The molecule has 0 aromatic carbocycles. The van der Waals surface area contributed by atoms with E-state index in [1.807, 2.05) is 0 Å². The van der Waals surface area contributed by atoms with Gasteiger partial charge in [0.2, 0.25) is 11.1 Å². The largest absolute Gasteiger partial charge is 0.490 e. The van der Waals surface area contributed by atoms with E-state index in [0.29, 0.717) is 10.7 Å². The monoisotopic (exact) mass is 639 g/mol. The molecule has 0 aliphatic carbocycles. The fraction of sp³-hybridized carbons (Fsp3) is 0.471. The zero-order valence-corrected chi connectivity index (χ0v) is 23.0. The number of carboxylic acid groups (broad SMARTS) is 1. The third-order valence-electron chi connectivity index (χ3n) is 5.30. The number of rotatable bonds is 10. The van der Waals surface area contributed by atoms with Crippen LogP contribution in [-0.2, 0) is 41.8 Å². The number of hydrogen-bond donors (Lipinski definition) is 3. The molecular formula is C17H18BrN7O9S3. The van der Waals surface area contributed by atoms with Gasteiger partial charge in [-0.25, -0.2) is 17.9 Å². The number of nitrogens with zero attached hydrogens (tertiary/aromatic N) is 6. The van der Waals surface area contributed by atoms with E-state index in [-0.39, 0.29) is 27.4 Å². The van der Waals surface area contributed by atoms with Gasteiger partial charge in [0.15, 0.2) is 15.6 Å². The lowest BCUT2D eigenvalue weighted by atomic mass is 9.98. The van der Waals surface area contributed by atoms with Crippen molar-refractivity contribution in [3.8, 4) is 5.88 Å². The molecule has 1 fully saturated rings. The zero-order chi connectivity index (χ0) is 27.1. The molecule has 4 rings (SSSR count). The maximum absolute atomic E-state index is 13.2. The maximum Gasteiger partial charge on any atom is 0.352 e. The summed E-state index contributed by atoms with van der Waals surface area (Å²) in [6.07, 6.45) is 0. The van der Waals surface area contributed by atoms with E-state index in [1.165, 1.54) is 16.4 Å². The van der Waals surface area contributed by atoms with Gasteiger partial charge < -0.3 is 24.8 Å². The van der Waals surface area contributed by atoms with Gasteiger partial charge in [0, 0.05) is 25.7 Å². The number of aliphatic carboxylic acids is 1. The van der Waals surface area contributed by atoms with Crippen LogP contribution < -0.4 is 5.32 Å². The first-order valence-electron chi connectivity index (χ1n) is 10.1. The fourth-order valence-electron chi connectivity index (χ4n) is 3.64. The minimum atomic E-state index is -4.12. The lowest BCUT2D eigenvalue weighted by molar-refractivity contribution is -0.192. The van der Waals surface area contributed by atoms with Gasteiger partial charge >= 0.3 is 5.97 Å². The first kappa shape index (κ1) is 27.4. The Hall–Kier alpha value is -2.68. The van der Waals surface area contributed by atoms with Crippen molar-refractivity contribution in [2.45, 2.75) is 22.0 Å². The number of aromatic nitrogens is 5. The normalized spacial score (nSPS) is 21.5. The number of β-lactam (4-membered cyclic amide) rings is 1. The average Bonchev–Trinajstić information content (AvgIpc) is 3.39. The van der Waals surface area contributed by atoms with E-state index in [1.54, 1.807) is 7.05 Å². The Morgan fingerprint density at radius 2 is 2.16 bits per heavy atom. The predicted octanol–water partition coefficient (Wildman–Crippen LogP) is -0.914. The molecule has 37 heavy (non-hydrogen) atoms. The number of hydrogen-bond acceptors (Lipinski definition) is 14. The SMILES string of the molecule is CO[C@@]1(NC(=O)CS(=O)(=O)Cc2onc(O)c2Br)C(=O)N2C(C(=O)O)=C(CSc3nnnn3C)CS[C@@H]21. The summed E-state index contributed by atoms with van der Waals surface area (Å²) in [5, 5.41) is 35.3. The van der Waals surface area contributed by atoms with Crippen LogP contribution in [0.15, 0.2) is 25.4 Å². The van der Waals surface area contributed by atoms with Crippen molar-refractivity contribution in [3.63, 3.8) is 0 Å². The molecule has 2 aromatic heterocycles. The lowest BCUT2D eigenvalue weighted by Crippen LogP contribution is -2.81. The number of aryl methyl sites for hydroxylation is 1. The number of carbonyl (C=O) groups is 3. The Morgan fingerprint density at radius 3 is 2.73 bits per heavy atom. The molecule has 0 spiro atoms. The molecule has 200 valence electrons. The summed E-state index contributed by atoms with van der Waals surface area (Å²) >= 11 is 5.28. The third kappa shape index (κ3) is 5.07.